The van der Waals surface area contributed by atoms with Gasteiger partial charge in [0.2, 0.25) is 9.65 Å². The molecule has 0 saturated heterocycles. The van der Waals surface area contributed by atoms with E-state index in [-0.39, 0.29) is 20.6 Å². The lowest BCUT2D eigenvalue weighted by molar-refractivity contribution is -0.137. The average Bonchev–Trinajstić information content (AvgIpc) is 2.65. The topological polar surface area (TPSA) is 36.6 Å². The standard InChI is InChI=1S/C13H11F3INO2/c1-18(2)12-9(10(19)11(17)20-12)7-4-3-5-8(6-7)13(14,15)16/h3-6,19H,1-2H3. The van der Waals surface area contributed by atoms with Crippen molar-refractivity contribution in [2.24, 2.45) is 0 Å². The minimum absolute atomic E-state index is 0.159. The molecular weight excluding hydrogens is 386 g/mol. The molecule has 0 unspecified atom stereocenters. The highest BCUT2D eigenvalue weighted by molar-refractivity contribution is 14.1. The molecule has 0 amide bonds. The number of aromatic hydroxyl groups is 1. The number of rotatable bonds is 2. The van der Waals surface area contributed by atoms with Crippen molar-refractivity contribution in [2.75, 3.05) is 19.0 Å². The van der Waals surface area contributed by atoms with Crippen molar-refractivity contribution < 1.29 is 22.7 Å². The molecule has 2 rings (SSSR count). The molecule has 1 heterocycles. The first-order valence-corrected chi connectivity index (χ1v) is 6.66. The van der Waals surface area contributed by atoms with Gasteiger partial charge in [-0.05, 0) is 17.7 Å². The fourth-order valence-electron chi connectivity index (χ4n) is 1.81. The lowest BCUT2D eigenvalue weighted by Crippen LogP contribution is -2.09. The molecule has 0 bridgehead atoms. The van der Waals surface area contributed by atoms with E-state index in [1.165, 1.54) is 12.1 Å². The predicted molar refractivity (Wildman–Crippen MR) is 77.9 cm³/mol. The Bertz CT molecular complexity index is 635. The fraction of sp³-hybridized carbons (Fsp3) is 0.231. The molecule has 20 heavy (non-hydrogen) atoms. The zero-order valence-electron chi connectivity index (χ0n) is 10.6. The van der Waals surface area contributed by atoms with Gasteiger partial charge in [0.1, 0.15) is 0 Å². The second kappa shape index (κ2) is 5.19. The van der Waals surface area contributed by atoms with Crippen molar-refractivity contribution >= 4 is 28.5 Å². The summed E-state index contributed by atoms with van der Waals surface area (Å²) in [6.07, 6.45) is -4.43. The van der Waals surface area contributed by atoms with Crippen molar-refractivity contribution in [1.82, 2.24) is 0 Å². The van der Waals surface area contributed by atoms with Gasteiger partial charge in [-0.15, -0.1) is 0 Å². The summed E-state index contributed by atoms with van der Waals surface area (Å²) < 4.78 is 43.9. The average molecular weight is 397 g/mol. The van der Waals surface area contributed by atoms with Crippen molar-refractivity contribution in [1.29, 1.82) is 0 Å². The van der Waals surface area contributed by atoms with Crippen LogP contribution >= 0.6 is 22.6 Å². The highest BCUT2D eigenvalue weighted by Gasteiger charge is 2.31. The monoisotopic (exact) mass is 397 g/mol. The van der Waals surface area contributed by atoms with Crippen LogP contribution in [0.1, 0.15) is 5.56 Å². The summed E-state index contributed by atoms with van der Waals surface area (Å²) in [4.78, 5) is 1.59. The van der Waals surface area contributed by atoms with E-state index in [2.05, 4.69) is 0 Å². The maximum Gasteiger partial charge on any atom is 0.416 e. The van der Waals surface area contributed by atoms with E-state index >= 15 is 0 Å². The van der Waals surface area contributed by atoms with Gasteiger partial charge in [0.05, 0.1) is 11.1 Å². The molecule has 0 aliphatic carbocycles. The van der Waals surface area contributed by atoms with Crippen molar-refractivity contribution in [3.63, 3.8) is 0 Å². The maximum absolute atomic E-state index is 12.8. The Kier molecular flexibility index (Phi) is 3.90. The van der Waals surface area contributed by atoms with Crippen LogP contribution in [0.4, 0.5) is 19.1 Å². The molecule has 0 aliphatic rings. The second-order valence-corrected chi connectivity index (χ2v) is 5.36. The normalized spacial score (nSPS) is 11.7. The number of hydrogen-bond donors (Lipinski definition) is 1. The highest BCUT2D eigenvalue weighted by Crippen LogP contribution is 2.44. The zero-order valence-corrected chi connectivity index (χ0v) is 12.8. The molecule has 7 heteroatoms. The minimum Gasteiger partial charge on any atom is -0.503 e. The summed E-state index contributed by atoms with van der Waals surface area (Å²) in [5, 5.41) is 10.0. The van der Waals surface area contributed by atoms with E-state index in [4.69, 9.17) is 4.42 Å². The molecule has 0 saturated carbocycles. The zero-order chi connectivity index (χ0) is 15.1. The number of alkyl halides is 3. The van der Waals surface area contributed by atoms with Gasteiger partial charge < -0.3 is 14.4 Å². The highest BCUT2D eigenvalue weighted by atomic mass is 127. The Labute approximate surface area is 127 Å². The predicted octanol–water partition coefficient (Wildman–Crippen LogP) is 4.34. The van der Waals surface area contributed by atoms with Gasteiger partial charge in [-0.2, -0.15) is 13.2 Å². The number of anilines is 1. The second-order valence-electron chi connectivity index (χ2n) is 4.38. The number of benzene rings is 1. The van der Waals surface area contributed by atoms with E-state index in [0.717, 1.165) is 12.1 Å². The lowest BCUT2D eigenvalue weighted by atomic mass is 10.0. The van der Waals surface area contributed by atoms with Crippen LogP contribution in [0.3, 0.4) is 0 Å². The van der Waals surface area contributed by atoms with Crippen LogP contribution < -0.4 is 4.90 Å². The van der Waals surface area contributed by atoms with E-state index in [1.807, 2.05) is 0 Å². The van der Waals surface area contributed by atoms with Crippen molar-refractivity contribution in [2.45, 2.75) is 6.18 Å². The summed E-state index contributed by atoms with van der Waals surface area (Å²) in [6, 6.07) is 4.79. The molecule has 0 spiro atoms. The van der Waals surface area contributed by atoms with Gasteiger partial charge >= 0.3 is 6.18 Å². The molecule has 1 N–H and O–H groups in total. The molecule has 0 aliphatic heterocycles. The minimum atomic E-state index is -4.43. The molecule has 1 aromatic carbocycles. The first-order chi connectivity index (χ1) is 9.21. The Morgan fingerprint density at radius 3 is 2.45 bits per heavy atom. The molecule has 0 radical (unpaired) electrons. The Hall–Kier alpha value is -1.38. The molecule has 2 aromatic rings. The van der Waals surface area contributed by atoms with E-state index in [1.54, 1.807) is 41.6 Å². The van der Waals surface area contributed by atoms with Gasteiger partial charge in [-0.1, -0.05) is 12.1 Å². The Morgan fingerprint density at radius 2 is 1.90 bits per heavy atom. The molecule has 0 fully saturated rings. The first kappa shape index (κ1) is 15.0. The van der Waals surface area contributed by atoms with Gasteiger partial charge in [-0.3, -0.25) is 0 Å². The van der Waals surface area contributed by atoms with Gasteiger partial charge in [0.15, 0.2) is 5.75 Å². The van der Waals surface area contributed by atoms with E-state index < -0.39 is 11.7 Å². The molecule has 0 atom stereocenters. The van der Waals surface area contributed by atoms with Gasteiger partial charge in [0, 0.05) is 36.7 Å². The third-order valence-corrected chi connectivity index (χ3v) is 3.44. The Morgan fingerprint density at radius 1 is 1.25 bits per heavy atom. The van der Waals surface area contributed by atoms with Gasteiger partial charge in [-0.25, -0.2) is 0 Å². The van der Waals surface area contributed by atoms with Crippen LogP contribution in [0.2, 0.25) is 0 Å². The summed E-state index contributed by atoms with van der Waals surface area (Å²) in [5.74, 6) is 0.153. The van der Waals surface area contributed by atoms with Crippen molar-refractivity contribution in [3.8, 4) is 16.9 Å². The third kappa shape index (κ3) is 2.72. The number of halogens is 4. The maximum atomic E-state index is 12.8. The lowest BCUT2D eigenvalue weighted by Gasteiger charge is -2.12. The molecular formula is C13H11F3INO2. The summed E-state index contributed by atoms with van der Waals surface area (Å²) in [6.45, 7) is 0. The summed E-state index contributed by atoms with van der Waals surface area (Å²) in [7, 11) is 3.37. The number of nitrogens with zero attached hydrogens (tertiary/aromatic N) is 1. The third-order valence-electron chi connectivity index (χ3n) is 2.71. The van der Waals surface area contributed by atoms with E-state index in [0.29, 0.717) is 5.88 Å². The fourth-order valence-corrected chi connectivity index (χ4v) is 2.29. The van der Waals surface area contributed by atoms with Crippen LogP contribution in [0.25, 0.3) is 11.1 Å². The number of furan rings is 1. The van der Waals surface area contributed by atoms with Gasteiger partial charge in [0.25, 0.3) is 0 Å². The molecule has 3 nitrogen and oxygen atoms in total. The molecule has 108 valence electrons. The van der Waals surface area contributed by atoms with Crippen LogP contribution in [0.15, 0.2) is 28.7 Å². The van der Waals surface area contributed by atoms with Crippen LogP contribution in [0.5, 0.6) is 5.75 Å². The largest absolute Gasteiger partial charge is 0.503 e. The number of hydrogen-bond acceptors (Lipinski definition) is 3. The summed E-state index contributed by atoms with van der Waals surface area (Å²) >= 11 is 1.79. The smallest absolute Gasteiger partial charge is 0.416 e. The SMILES string of the molecule is CN(C)c1oc(I)c(O)c1-c1cccc(C(F)(F)F)c1. The first-order valence-electron chi connectivity index (χ1n) is 5.58. The van der Waals surface area contributed by atoms with Crippen LogP contribution in [-0.4, -0.2) is 19.2 Å². The summed E-state index contributed by atoms with van der Waals surface area (Å²) in [5.41, 5.74) is -0.256. The Balaban J connectivity index is 2.63. The quantitative estimate of drug-likeness (QED) is 0.767. The molecule has 1 aromatic heterocycles. The van der Waals surface area contributed by atoms with Crippen molar-refractivity contribution in [3.05, 3.63) is 33.6 Å². The van der Waals surface area contributed by atoms with Crippen LogP contribution in [-0.2, 0) is 6.18 Å². The van der Waals surface area contributed by atoms with E-state index in [9.17, 15) is 18.3 Å². The van der Waals surface area contributed by atoms with Crippen LogP contribution in [0, 0.1) is 3.77 Å².